The number of anilines is 2. The minimum absolute atomic E-state index is 0.192. The Balaban J connectivity index is 2.13. The normalized spacial score (nSPS) is 20.0. The zero-order valence-electron chi connectivity index (χ0n) is 15.9. The third kappa shape index (κ3) is 4.78. The van der Waals surface area contributed by atoms with E-state index in [9.17, 15) is 9.59 Å². The smallest absolute Gasteiger partial charge is 0.410 e. The SMILES string of the molecule is COC(=O)c1ccc(N)c(N[C@@H]2CN(C(=O)OC(C)(C)C)C[C@H]2OC)c1. The number of hydrogen-bond donors (Lipinski definition) is 2. The zero-order valence-corrected chi connectivity index (χ0v) is 15.9. The molecule has 2 atom stereocenters. The average Bonchev–Trinajstić information content (AvgIpc) is 2.97. The van der Waals surface area contributed by atoms with Gasteiger partial charge in [-0.3, -0.25) is 0 Å². The van der Waals surface area contributed by atoms with Gasteiger partial charge in [0.2, 0.25) is 0 Å². The van der Waals surface area contributed by atoms with Gasteiger partial charge in [-0.25, -0.2) is 9.59 Å². The van der Waals surface area contributed by atoms with Crippen molar-refractivity contribution in [3.8, 4) is 0 Å². The van der Waals surface area contributed by atoms with Crippen LogP contribution < -0.4 is 11.1 Å². The molecule has 144 valence electrons. The molecule has 26 heavy (non-hydrogen) atoms. The second-order valence-corrected chi connectivity index (χ2v) is 7.20. The molecule has 0 saturated carbocycles. The molecule has 3 N–H and O–H groups in total. The lowest BCUT2D eigenvalue weighted by Gasteiger charge is -2.24. The lowest BCUT2D eigenvalue weighted by molar-refractivity contribution is 0.0252. The summed E-state index contributed by atoms with van der Waals surface area (Å²) in [6.07, 6.45) is -0.621. The van der Waals surface area contributed by atoms with Crippen LogP contribution in [0.25, 0.3) is 0 Å². The molecule has 0 aromatic heterocycles. The molecular weight excluding hydrogens is 338 g/mol. The highest BCUT2D eigenvalue weighted by Gasteiger charge is 2.37. The van der Waals surface area contributed by atoms with Gasteiger partial charge in [0.15, 0.2) is 0 Å². The first-order valence-electron chi connectivity index (χ1n) is 8.39. The highest BCUT2D eigenvalue weighted by molar-refractivity contribution is 5.92. The van der Waals surface area contributed by atoms with Gasteiger partial charge in [-0.1, -0.05) is 0 Å². The van der Waals surface area contributed by atoms with Crippen LogP contribution in [-0.4, -0.2) is 62.0 Å². The van der Waals surface area contributed by atoms with Crippen molar-refractivity contribution in [3.63, 3.8) is 0 Å². The number of nitrogens with two attached hydrogens (primary N) is 1. The van der Waals surface area contributed by atoms with Crippen molar-refractivity contribution >= 4 is 23.4 Å². The number of esters is 1. The minimum atomic E-state index is -0.565. The van der Waals surface area contributed by atoms with Crippen LogP contribution in [0.5, 0.6) is 0 Å². The third-order valence-corrected chi connectivity index (χ3v) is 4.04. The Bertz CT molecular complexity index is 671. The van der Waals surface area contributed by atoms with E-state index in [1.165, 1.54) is 7.11 Å². The maximum atomic E-state index is 12.3. The minimum Gasteiger partial charge on any atom is -0.465 e. The standard InChI is InChI=1S/C18H27N3O5/c1-18(2,3)26-17(23)21-9-14(15(10-21)24-4)20-13-8-11(16(22)25-5)6-7-12(13)19/h6-8,14-15,20H,9-10,19H2,1-5H3/t14-,15-/m1/s1. The van der Waals surface area contributed by atoms with E-state index in [1.807, 2.05) is 20.8 Å². The second kappa shape index (κ2) is 7.82. The molecule has 0 unspecified atom stereocenters. The summed E-state index contributed by atoms with van der Waals surface area (Å²) in [5.41, 5.74) is 6.92. The summed E-state index contributed by atoms with van der Waals surface area (Å²) in [5.74, 6) is -0.446. The van der Waals surface area contributed by atoms with E-state index >= 15 is 0 Å². The van der Waals surface area contributed by atoms with E-state index in [2.05, 4.69) is 5.32 Å². The van der Waals surface area contributed by atoms with E-state index in [0.717, 1.165) is 0 Å². The predicted octanol–water partition coefficient (Wildman–Crippen LogP) is 2.10. The summed E-state index contributed by atoms with van der Waals surface area (Å²) in [6, 6.07) is 4.67. The van der Waals surface area contributed by atoms with E-state index in [-0.39, 0.29) is 18.2 Å². The van der Waals surface area contributed by atoms with Crippen molar-refractivity contribution in [2.75, 3.05) is 38.4 Å². The highest BCUT2D eigenvalue weighted by atomic mass is 16.6. The number of ether oxygens (including phenoxy) is 3. The maximum Gasteiger partial charge on any atom is 0.410 e. The topological polar surface area (TPSA) is 103 Å². The molecule has 1 amide bonds. The highest BCUT2D eigenvalue weighted by Crippen LogP contribution is 2.25. The third-order valence-electron chi connectivity index (χ3n) is 4.04. The number of benzene rings is 1. The molecule has 8 nitrogen and oxygen atoms in total. The Hall–Kier alpha value is -2.48. The summed E-state index contributed by atoms with van der Waals surface area (Å²) in [6.45, 7) is 6.27. The Labute approximate surface area is 153 Å². The Morgan fingerprint density at radius 1 is 1.23 bits per heavy atom. The van der Waals surface area contributed by atoms with Crippen molar-refractivity contribution in [3.05, 3.63) is 23.8 Å². The van der Waals surface area contributed by atoms with Crippen molar-refractivity contribution in [2.45, 2.75) is 38.5 Å². The molecule has 0 radical (unpaired) electrons. The van der Waals surface area contributed by atoms with Crippen LogP contribution in [0.1, 0.15) is 31.1 Å². The number of likely N-dealkylation sites (tertiary alicyclic amines) is 1. The summed E-state index contributed by atoms with van der Waals surface area (Å²) in [7, 11) is 2.91. The number of nitrogens with one attached hydrogen (secondary N) is 1. The summed E-state index contributed by atoms with van der Waals surface area (Å²) in [5, 5.41) is 3.27. The summed E-state index contributed by atoms with van der Waals surface area (Å²) >= 11 is 0. The van der Waals surface area contributed by atoms with Crippen LogP contribution in [0.3, 0.4) is 0 Å². The number of nitrogen functional groups attached to an aromatic ring is 1. The van der Waals surface area contributed by atoms with Crippen LogP contribution in [0.2, 0.25) is 0 Å². The first-order chi connectivity index (χ1) is 12.1. The molecule has 1 aromatic carbocycles. The van der Waals surface area contributed by atoms with Crippen LogP contribution in [-0.2, 0) is 14.2 Å². The molecule has 0 aliphatic carbocycles. The molecule has 1 aromatic rings. The molecular formula is C18H27N3O5. The molecule has 1 saturated heterocycles. The first kappa shape index (κ1) is 19.8. The molecule has 1 heterocycles. The van der Waals surface area contributed by atoms with Gasteiger partial charge in [-0.05, 0) is 39.0 Å². The lowest BCUT2D eigenvalue weighted by Crippen LogP contribution is -2.36. The number of hydrogen-bond acceptors (Lipinski definition) is 7. The van der Waals surface area contributed by atoms with Gasteiger partial charge in [-0.15, -0.1) is 0 Å². The number of methoxy groups -OCH3 is 2. The predicted molar refractivity (Wildman–Crippen MR) is 98.2 cm³/mol. The van der Waals surface area contributed by atoms with Gasteiger partial charge in [0.1, 0.15) is 5.60 Å². The molecule has 1 aliphatic rings. The van der Waals surface area contributed by atoms with Crippen LogP contribution in [0.15, 0.2) is 18.2 Å². The molecule has 0 spiro atoms. The van der Waals surface area contributed by atoms with Crippen molar-refractivity contribution < 1.29 is 23.8 Å². The zero-order chi connectivity index (χ0) is 19.5. The molecule has 1 aliphatic heterocycles. The molecule has 1 fully saturated rings. The van der Waals surface area contributed by atoms with Crippen molar-refractivity contribution in [2.24, 2.45) is 0 Å². The fourth-order valence-electron chi connectivity index (χ4n) is 2.75. The van der Waals surface area contributed by atoms with E-state index in [1.54, 1.807) is 30.2 Å². The first-order valence-corrected chi connectivity index (χ1v) is 8.39. The lowest BCUT2D eigenvalue weighted by atomic mass is 10.1. The largest absolute Gasteiger partial charge is 0.465 e. The molecule has 2 rings (SSSR count). The van der Waals surface area contributed by atoms with Gasteiger partial charge in [0, 0.05) is 13.7 Å². The fraction of sp³-hybridized carbons (Fsp3) is 0.556. The van der Waals surface area contributed by atoms with Crippen molar-refractivity contribution in [1.82, 2.24) is 4.90 Å². The molecule has 8 heteroatoms. The average molecular weight is 365 g/mol. The summed E-state index contributed by atoms with van der Waals surface area (Å²) in [4.78, 5) is 25.6. The van der Waals surface area contributed by atoms with Crippen LogP contribution >= 0.6 is 0 Å². The van der Waals surface area contributed by atoms with E-state index in [0.29, 0.717) is 30.0 Å². The number of nitrogens with zero attached hydrogens (tertiary/aromatic N) is 1. The van der Waals surface area contributed by atoms with Crippen LogP contribution in [0.4, 0.5) is 16.2 Å². The Morgan fingerprint density at radius 3 is 2.50 bits per heavy atom. The summed E-state index contributed by atoms with van der Waals surface area (Å²) < 4.78 is 15.7. The fourth-order valence-corrected chi connectivity index (χ4v) is 2.75. The number of carbonyl (C=O) groups excluding carboxylic acids is 2. The van der Waals surface area contributed by atoms with Crippen molar-refractivity contribution in [1.29, 1.82) is 0 Å². The van der Waals surface area contributed by atoms with Gasteiger partial charge >= 0.3 is 12.1 Å². The van der Waals surface area contributed by atoms with Crippen LogP contribution in [0, 0.1) is 0 Å². The van der Waals surface area contributed by atoms with Gasteiger partial charge in [-0.2, -0.15) is 0 Å². The second-order valence-electron chi connectivity index (χ2n) is 7.20. The number of rotatable bonds is 4. The Morgan fingerprint density at radius 2 is 1.92 bits per heavy atom. The van der Waals surface area contributed by atoms with Gasteiger partial charge in [0.25, 0.3) is 0 Å². The quantitative estimate of drug-likeness (QED) is 0.622. The van der Waals surface area contributed by atoms with Gasteiger partial charge < -0.3 is 30.2 Å². The monoisotopic (exact) mass is 365 g/mol. The number of carbonyl (C=O) groups is 2. The molecule has 0 bridgehead atoms. The van der Waals surface area contributed by atoms with E-state index in [4.69, 9.17) is 19.9 Å². The maximum absolute atomic E-state index is 12.3. The number of amides is 1. The Kier molecular flexibility index (Phi) is 5.97. The van der Waals surface area contributed by atoms with Gasteiger partial charge in [0.05, 0.1) is 42.7 Å². The van der Waals surface area contributed by atoms with E-state index < -0.39 is 11.6 Å².